The fourth-order valence-electron chi connectivity index (χ4n) is 4.82. The molecule has 2 aromatic carbocycles. The van der Waals surface area contributed by atoms with Crippen LogP contribution in [0.1, 0.15) is 35.7 Å². The minimum Gasteiger partial charge on any atom is -0.442 e. The standard InChI is InChI=1S/C29H35FN6O6/c1-20(38)31-18-24-19-36(29(41)42-24)23-6-7-26(25(30)16-23)34-11-13-35(14-12-34)28(40)9-8-27(39)22-4-2-21(3-5-22)17-33-32-10-15-37/h2-7,15-16,24,32-33H,8-14,17-19H2,1H3,(H,31,38)/t24-/m0/s1. The van der Waals surface area contributed by atoms with E-state index in [0.29, 0.717) is 49.7 Å². The second-order valence-electron chi connectivity index (χ2n) is 10.1. The Morgan fingerprint density at radius 1 is 1.02 bits per heavy atom. The van der Waals surface area contributed by atoms with Gasteiger partial charge in [0.15, 0.2) is 5.78 Å². The number of nitrogens with zero attached hydrogens (tertiary/aromatic N) is 3. The van der Waals surface area contributed by atoms with E-state index < -0.39 is 18.0 Å². The maximum atomic E-state index is 15.1. The van der Waals surface area contributed by atoms with E-state index >= 15 is 4.39 Å². The Labute approximate surface area is 243 Å². The maximum Gasteiger partial charge on any atom is 0.414 e. The summed E-state index contributed by atoms with van der Waals surface area (Å²) in [5.74, 6) is -0.962. The number of carbonyl (C=O) groups excluding carboxylic acids is 5. The smallest absolute Gasteiger partial charge is 0.414 e. The van der Waals surface area contributed by atoms with Crippen LogP contribution in [0.25, 0.3) is 0 Å². The van der Waals surface area contributed by atoms with E-state index in [4.69, 9.17) is 4.74 Å². The lowest BCUT2D eigenvalue weighted by atomic mass is 10.0. The molecule has 2 aromatic rings. The molecule has 42 heavy (non-hydrogen) atoms. The van der Waals surface area contributed by atoms with Crippen LogP contribution in [0.2, 0.25) is 0 Å². The van der Waals surface area contributed by atoms with Crippen molar-refractivity contribution in [3.8, 4) is 0 Å². The number of rotatable bonds is 13. The average Bonchev–Trinajstić information content (AvgIpc) is 3.37. The van der Waals surface area contributed by atoms with E-state index in [1.54, 1.807) is 29.2 Å². The van der Waals surface area contributed by atoms with Gasteiger partial charge in [0.2, 0.25) is 11.8 Å². The molecule has 4 rings (SSSR count). The molecule has 2 fully saturated rings. The summed E-state index contributed by atoms with van der Waals surface area (Å²) in [6.07, 6.45) is -0.179. The minimum absolute atomic E-state index is 0.0929. The summed E-state index contributed by atoms with van der Waals surface area (Å²) in [5, 5.41) is 2.61. The molecule has 2 aliphatic heterocycles. The van der Waals surface area contributed by atoms with Crippen molar-refractivity contribution < 1.29 is 33.1 Å². The van der Waals surface area contributed by atoms with Crippen LogP contribution in [-0.4, -0.2) is 86.8 Å². The van der Waals surface area contributed by atoms with Crippen LogP contribution in [0.15, 0.2) is 42.5 Å². The monoisotopic (exact) mass is 582 g/mol. The first-order valence-electron chi connectivity index (χ1n) is 13.8. The number of cyclic esters (lactones) is 1. The number of ether oxygens (including phenoxy) is 1. The lowest BCUT2D eigenvalue weighted by Gasteiger charge is -2.36. The topological polar surface area (TPSA) is 140 Å². The molecule has 1 atom stereocenters. The van der Waals surface area contributed by atoms with Gasteiger partial charge in [0.05, 0.1) is 31.0 Å². The van der Waals surface area contributed by atoms with Gasteiger partial charge in [0.1, 0.15) is 18.2 Å². The molecule has 3 amide bonds. The first kappa shape index (κ1) is 30.6. The number of carbonyl (C=O) groups is 5. The highest BCUT2D eigenvalue weighted by molar-refractivity contribution is 5.98. The number of amides is 3. The third-order valence-electron chi connectivity index (χ3n) is 7.11. The van der Waals surface area contributed by atoms with Crippen molar-refractivity contribution in [2.75, 3.05) is 55.6 Å². The average molecular weight is 583 g/mol. The van der Waals surface area contributed by atoms with Gasteiger partial charge in [-0.1, -0.05) is 24.3 Å². The number of nitrogens with one attached hydrogen (secondary N) is 3. The third kappa shape index (κ3) is 8.10. The zero-order chi connectivity index (χ0) is 30.1. The number of hydrogen-bond donors (Lipinski definition) is 3. The van der Waals surface area contributed by atoms with Crippen LogP contribution in [-0.2, 0) is 25.7 Å². The predicted molar refractivity (Wildman–Crippen MR) is 152 cm³/mol. The van der Waals surface area contributed by atoms with E-state index in [-0.39, 0.29) is 50.1 Å². The Bertz CT molecular complexity index is 1300. The largest absolute Gasteiger partial charge is 0.442 e. The van der Waals surface area contributed by atoms with Crippen molar-refractivity contribution in [2.24, 2.45) is 0 Å². The number of ketones is 1. The molecule has 0 aliphatic carbocycles. The number of benzene rings is 2. The van der Waals surface area contributed by atoms with Crippen LogP contribution in [0.5, 0.6) is 0 Å². The molecule has 0 bridgehead atoms. The molecule has 0 spiro atoms. The summed E-state index contributed by atoms with van der Waals surface area (Å²) >= 11 is 0. The SMILES string of the molecule is CC(=O)NC[C@H]1CN(c2ccc(N3CCN(C(=O)CCC(=O)c4ccc(CNNCC=O)cc4)CC3)c(F)c2)C(=O)O1. The number of piperazine rings is 1. The van der Waals surface area contributed by atoms with Crippen LogP contribution in [0.4, 0.5) is 20.6 Å². The number of Topliss-reactive ketones (excluding diaryl/α,β-unsaturated/α-hetero) is 1. The quantitative estimate of drug-likeness (QED) is 0.138. The third-order valence-corrected chi connectivity index (χ3v) is 7.11. The molecule has 13 heteroatoms. The Morgan fingerprint density at radius 2 is 1.76 bits per heavy atom. The van der Waals surface area contributed by atoms with Gasteiger partial charge in [-0.2, -0.15) is 0 Å². The lowest BCUT2D eigenvalue weighted by molar-refractivity contribution is -0.131. The zero-order valence-corrected chi connectivity index (χ0v) is 23.4. The molecule has 0 aromatic heterocycles. The summed E-state index contributed by atoms with van der Waals surface area (Å²) in [4.78, 5) is 63.9. The van der Waals surface area contributed by atoms with Crippen molar-refractivity contribution in [1.29, 1.82) is 0 Å². The number of halogens is 1. The first-order chi connectivity index (χ1) is 20.2. The maximum absolute atomic E-state index is 15.1. The molecule has 0 radical (unpaired) electrons. The molecule has 0 saturated carbocycles. The lowest BCUT2D eigenvalue weighted by Crippen LogP contribution is -2.49. The molecule has 2 heterocycles. The Morgan fingerprint density at radius 3 is 2.43 bits per heavy atom. The summed E-state index contributed by atoms with van der Waals surface area (Å²) in [5.41, 5.74) is 7.85. The Balaban J connectivity index is 1.22. The van der Waals surface area contributed by atoms with Crippen LogP contribution in [0.3, 0.4) is 0 Å². The molecule has 2 aliphatic rings. The van der Waals surface area contributed by atoms with Crippen molar-refractivity contribution in [3.63, 3.8) is 0 Å². The molecule has 224 valence electrons. The molecular weight excluding hydrogens is 547 g/mol. The fraction of sp³-hybridized carbons (Fsp3) is 0.414. The summed E-state index contributed by atoms with van der Waals surface area (Å²) in [6.45, 7) is 4.11. The zero-order valence-electron chi connectivity index (χ0n) is 23.4. The van der Waals surface area contributed by atoms with Gasteiger partial charge in [0, 0.05) is 58.1 Å². The van der Waals surface area contributed by atoms with E-state index in [0.717, 1.165) is 11.8 Å². The van der Waals surface area contributed by atoms with E-state index in [9.17, 15) is 24.0 Å². The summed E-state index contributed by atoms with van der Waals surface area (Å²) < 4.78 is 20.3. The molecule has 3 N–H and O–H groups in total. The van der Waals surface area contributed by atoms with Gasteiger partial charge in [-0.3, -0.25) is 30.1 Å². The van der Waals surface area contributed by atoms with Crippen molar-refractivity contribution >= 4 is 41.4 Å². The molecule has 2 saturated heterocycles. The van der Waals surface area contributed by atoms with Crippen LogP contribution in [0, 0.1) is 5.82 Å². The minimum atomic E-state index is -0.600. The van der Waals surface area contributed by atoms with Crippen LogP contribution >= 0.6 is 0 Å². The second kappa shape index (κ2) is 14.5. The van der Waals surface area contributed by atoms with Gasteiger partial charge in [-0.15, -0.1) is 0 Å². The number of hydrogen-bond acceptors (Lipinski definition) is 9. The Kier molecular flexibility index (Phi) is 10.6. The van der Waals surface area contributed by atoms with Crippen molar-refractivity contribution in [1.82, 2.24) is 21.1 Å². The number of anilines is 2. The van der Waals surface area contributed by atoms with Gasteiger partial charge < -0.3 is 24.6 Å². The first-order valence-corrected chi connectivity index (χ1v) is 13.8. The number of aldehydes is 1. The second-order valence-corrected chi connectivity index (χ2v) is 10.1. The molecule has 0 unspecified atom stereocenters. The van der Waals surface area contributed by atoms with Gasteiger partial charge >= 0.3 is 6.09 Å². The predicted octanol–water partition coefficient (Wildman–Crippen LogP) is 1.39. The highest BCUT2D eigenvalue weighted by Crippen LogP contribution is 2.28. The fourth-order valence-corrected chi connectivity index (χ4v) is 4.82. The summed E-state index contributed by atoms with van der Waals surface area (Å²) in [6, 6.07) is 11.6. The van der Waals surface area contributed by atoms with Gasteiger partial charge in [-0.05, 0) is 23.8 Å². The molecule has 12 nitrogen and oxygen atoms in total. The van der Waals surface area contributed by atoms with Gasteiger partial charge in [0.25, 0.3) is 0 Å². The van der Waals surface area contributed by atoms with Crippen LogP contribution < -0.4 is 26.0 Å². The normalized spacial score (nSPS) is 16.8. The number of hydrazine groups is 1. The van der Waals surface area contributed by atoms with E-state index in [1.165, 1.54) is 17.9 Å². The van der Waals surface area contributed by atoms with E-state index in [1.807, 2.05) is 17.0 Å². The van der Waals surface area contributed by atoms with E-state index in [2.05, 4.69) is 16.2 Å². The van der Waals surface area contributed by atoms with Gasteiger partial charge in [-0.25, -0.2) is 9.18 Å². The highest BCUT2D eigenvalue weighted by Gasteiger charge is 2.33. The Hall–Kier alpha value is -4.36. The summed E-state index contributed by atoms with van der Waals surface area (Å²) in [7, 11) is 0. The molecular formula is C29H35FN6O6. The van der Waals surface area contributed by atoms with Crippen molar-refractivity contribution in [2.45, 2.75) is 32.4 Å². The highest BCUT2D eigenvalue weighted by atomic mass is 19.1. The van der Waals surface area contributed by atoms with Crippen molar-refractivity contribution in [3.05, 3.63) is 59.4 Å².